The molecule has 2 rings (SSSR count). The Morgan fingerprint density at radius 2 is 1.63 bits per heavy atom. The van der Waals surface area contributed by atoms with Crippen LogP contribution in [0.5, 0.6) is 0 Å². The van der Waals surface area contributed by atoms with E-state index < -0.39 is 17.8 Å². The topological polar surface area (TPSA) is 126 Å². The Kier molecular flexibility index (Phi) is 8.24. The van der Waals surface area contributed by atoms with E-state index in [0.29, 0.717) is 0 Å². The van der Waals surface area contributed by atoms with E-state index in [9.17, 15) is 19.2 Å². The van der Waals surface area contributed by atoms with Gasteiger partial charge < -0.3 is 26.0 Å². The van der Waals surface area contributed by atoms with E-state index in [-0.39, 0.29) is 38.2 Å². The molecule has 0 saturated carbocycles. The van der Waals surface area contributed by atoms with Crippen molar-refractivity contribution >= 4 is 23.7 Å². The summed E-state index contributed by atoms with van der Waals surface area (Å²) < 4.78 is 5.02. The molecule has 0 aromatic heterocycles. The van der Waals surface area contributed by atoms with Gasteiger partial charge in [-0.05, 0) is 24.9 Å². The van der Waals surface area contributed by atoms with Gasteiger partial charge in [0.25, 0.3) is 0 Å². The highest BCUT2D eigenvalue weighted by Gasteiger charge is 2.22. The summed E-state index contributed by atoms with van der Waals surface area (Å²) in [6, 6.07) is 8.91. The van der Waals surface area contributed by atoms with Crippen LogP contribution in [0.3, 0.4) is 0 Å². The molecule has 1 heterocycles. The van der Waals surface area contributed by atoms with Crippen LogP contribution in [-0.2, 0) is 30.5 Å². The second kappa shape index (κ2) is 10.9. The minimum absolute atomic E-state index is 0.127. The van der Waals surface area contributed by atoms with E-state index in [1.54, 1.807) is 0 Å². The van der Waals surface area contributed by atoms with Crippen LogP contribution in [-0.4, -0.2) is 55.9 Å². The van der Waals surface area contributed by atoms with Gasteiger partial charge in [-0.2, -0.15) is 0 Å². The number of hydrogen-bond acceptors (Lipinski definition) is 6. The lowest BCUT2D eigenvalue weighted by atomic mass is 10.2. The lowest BCUT2D eigenvalue weighted by Crippen LogP contribution is -2.46. The minimum atomic E-state index is -0.574. The standard InChI is InChI=1S/C18H24N4O5/c23-15(21-11-17(25)27-12-13-5-2-1-3-6-13)9-20-16(24)10-22-18(26)14-7-4-8-19-14/h1-3,5-6,14,19H,4,7-12H2,(H,20,24)(H,21,23)(H,22,26)/t14-/m0/s1. The molecule has 9 nitrogen and oxygen atoms in total. The maximum atomic E-state index is 11.7. The third kappa shape index (κ3) is 7.87. The molecule has 146 valence electrons. The van der Waals surface area contributed by atoms with Gasteiger partial charge >= 0.3 is 5.97 Å². The zero-order valence-electron chi connectivity index (χ0n) is 15.0. The van der Waals surface area contributed by atoms with Crippen LogP contribution in [0.2, 0.25) is 0 Å². The van der Waals surface area contributed by atoms with Crippen molar-refractivity contribution in [3.63, 3.8) is 0 Å². The Balaban J connectivity index is 1.53. The average Bonchev–Trinajstić information content (AvgIpc) is 3.23. The fourth-order valence-corrected chi connectivity index (χ4v) is 2.46. The fourth-order valence-electron chi connectivity index (χ4n) is 2.46. The second-order valence-electron chi connectivity index (χ2n) is 6.07. The molecule has 1 aliphatic rings. The highest BCUT2D eigenvalue weighted by molar-refractivity contribution is 5.90. The monoisotopic (exact) mass is 376 g/mol. The summed E-state index contributed by atoms with van der Waals surface area (Å²) >= 11 is 0. The first-order chi connectivity index (χ1) is 13.0. The molecule has 1 atom stereocenters. The average molecular weight is 376 g/mol. The Morgan fingerprint density at radius 3 is 2.30 bits per heavy atom. The molecule has 0 bridgehead atoms. The van der Waals surface area contributed by atoms with E-state index >= 15 is 0 Å². The Hall–Kier alpha value is -2.94. The Morgan fingerprint density at radius 1 is 0.963 bits per heavy atom. The summed E-state index contributed by atoms with van der Waals surface area (Å²) in [4.78, 5) is 46.6. The van der Waals surface area contributed by atoms with Gasteiger partial charge in [0.05, 0.1) is 19.1 Å². The minimum Gasteiger partial charge on any atom is -0.460 e. The van der Waals surface area contributed by atoms with E-state index in [1.807, 2.05) is 30.3 Å². The molecule has 1 aromatic carbocycles. The number of amides is 3. The molecule has 1 saturated heterocycles. The zero-order chi connectivity index (χ0) is 19.5. The van der Waals surface area contributed by atoms with E-state index in [4.69, 9.17) is 4.74 Å². The summed E-state index contributed by atoms with van der Waals surface area (Å²) in [7, 11) is 0. The number of rotatable bonds is 9. The van der Waals surface area contributed by atoms with Crippen molar-refractivity contribution in [3.05, 3.63) is 35.9 Å². The van der Waals surface area contributed by atoms with Crippen LogP contribution in [0.4, 0.5) is 0 Å². The van der Waals surface area contributed by atoms with Crippen LogP contribution < -0.4 is 21.3 Å². The van der Waals surface area contributed by atoms with Crippen LogP contribution >= 0.6 is 0 Å². The fraction of sp³-hybridized carbons (Fsp3) is 0.444. The largest absolute Gasteiger partial charge is 0.460 e. The molecule has 0 unspecified atom stereocenters. The number of esters is 1. The van der Waals surface area contributed by atoms with Crippen molar-refractivity contribution in [2.75, 3.05) is 26.2 Å². The van der Waals surface area contributed by atoms with Crippen LogP contribution in [0.1, 0.15) is 18.4 Å². The first kappa shape index (κ1) is 20.4. The van der Waals surface area contributed by atoms with Gasteiger partial charge in [0.15, 0.2) is 0 Å². The third-order valence-electron chi connectivity index (χ3n) is 3.92. The lowest BCUT2D eigenvalue weighted by molar-refractivity contribution is -0.145. The van der Waals surface area contributed by atoms with Gasteiger partial charge in [-0.3, -0.25) is 19.2 Å². The summed E-state index contributed by atoms with van der Waals surface area (Å²) in [5.41, 5.74) is 0.847. The molecule has 1 fully saturated rings. The normalized spacial score (nSPS) is 15.6. The molecule has 0 radical (unpaired) electrons. The van der Waals surface area contributed by atoms with E-state index in [2.05, 4.69) is 21.3 Å². The van der Waals surface area contributed by atoms with E-state index in [0.717, 1.165) is 24.9 Å². The van der Waals surface area contributed by atoms with Crippen molar-refractivity contribution in [1.82, 2.24) is 21.3 Å². The summed E-state index contributed by atoms with van der Waals surface area (Å²) in [5, 5.41) is 10.3. The van der Waals surface area contributed by atoms with Crippen molar-refractivity contribution < 1.29 is 23.9 Å². The molecule has 4 N–H and O–H groups in total. The zero-order valence-corrected chi connectivity index (χ0v) is 15.0. The summed E-state index contributed by atoms with van der Waals surface area (Å²) in [6.07, 6.45) is 1.68. The first-order valence-electron chi connectivity index (χ1n) is 8.78. The maximum absolute atomic E-state index is 11.7. The summed E-state index contributed by atoms with van der Waals surface area (Å²) in [5.74, 6) is -1.81. The molecule has 0 aliphatic carbocycles. The SMILES string of the molecule is O=C(CNC(=O)CNC(=O)[C@@H]1CCCN1)NCC(=O)OCc1ccccc1. The summed E-state index contributed by atoms with van der Waals surface area (Å²) in [6.45, 7) is 0.136. The smallest absolute Gasteiger partial charge is 0.325 e. The first-order valence-corrected chi connectivity index (χ1v) is 8.78. The van der Waals surface area contributed by atoms with Crippen LogP contribution in [0.25, 0.3) is 0 Å². The molecule has 0 spiro atoms. The van der Waals surface area contributed by atoms with E-state index in [1.165, 1.54) is 0 Å². The van der Waals surface area contributed by atoms with Crippen LogP contribution in [0, 0.1) is 0 Å². The van der Waals surface area contributed by atoms with Gasteiger partial charge in [-0.25, -0.2) is 0 Å². The molecule has 9 heteroatoms. The quantitative estimate of drug-likeness (QED) is 0.403. The molecule has 1 aliphatic heterocycles. The third-order valence-corrected chi connectivity index (χ3v) is 3.92. The highest BCUT2D eigenvalue weighted by Crippen LogP contribution is 2.04. The molecule has 1 aromatic rings. The van der Waals surface area contributed by atoms with Gasteiger partial charge in [-0.15, -0.1) is 0 Å². The van der Waals surface area contributed by atoms with Crippen molar-refractivity contribution in [1.29, 1.82) is 0 Å². The van der Waals surface area contributed by atoms with Gasteiger partial charge in [0.1, 0.15) is 13.2 Å². The number of carbonyl (C=O) groups excluding carboxylic acids is 4. The maximum Gasteiger partial charge on any atom is 0.325 e. The van der Waals surface area contributed by atoms with Crippen molar-refractivity contribution in [3.8, 4) is 0 Å². The highest BCUT2D eigenvalue weighted by atomic mass is 16.5. The predicted octanol–water partition coefficient (Wildman–Crippen LogP) is -1.17. The molecule has 3 amide bonds. The molecular weight excluding hydrogens is 352 g/mol. The van der Waals surface area contributed by atoms with Crippen molar-refractivity contribution in [2.45, 2.75) is 25.5 Å². The molecular formula is C18H24N4O5. The number of hydrogen-bond donors (Lipinski definition) is 4. The number of nitrogens with one attached hydrogen (secondary N) is 4. The molecule has 27 heavy (non-hydrogen) atoms. The van der Waals surface area contributed by atoms with Gasteiger partial charge in [0.2, 0.25) is 17.7 Å². The second-order valence-corrected chi connectivity index (χ2v) is 6.07. The number of carbonyl (C=O) groups is 4. The Labute approximate surface area is 157 Å². The van der Waals surface area contributed by atoms with Gasteiger partial charge in [-0.1, -0.05) is 30.3 Å². The lowest BCUT2D eigenvalue weighted by Gasteiger charge is -2.11. The van der Waals surface area contributed by atoms with Crippen LogP contribution in [0.15, 0.2) is 30.3 Å². The van der Waals surface area contributed by atoms with Crippen molar-refractivity contribution in [2.24, 2.45) is 0 Å². The number of benzene rings is 1. The predicted molar refractivity (Wildman–Crippen MR) is 96.3 cm³/mol. The Bertz CT molecular complexity index is 659. The number of ether oxygens (including phenoxy) is 1. The van der Waals surface area contributed by atoms with Gasteiger partial charge in [0, 0.05) is 0 Å².